The lowest BCUT2D eigenvalue weighted by Crippen LogP contribution is -2.15. The molecule has 0 aromatic heterocycles. The first-order chi connectivity index (χ1) is 10.4. The second kappa shape index (κ2) is 12.7. The number of hydrogen-bond acceptors (Lipinski definition) is 3. The molecule has 120 valence electrons. The SMILES string of the molecule is CCCCCCOCCOc1ccccc1CNCCC. The highest BCUT2D eigenvalue weighted by Crippen LogP contribution is 2.17. The Hall–Kier alpha value is -1.06. The first-order valence-corrected chi connectivity index (χ1v) is 8.37. The maximum atomic E-state index is 5.83. The number of unbranched alkanes of at least 4 members (excludes halogenated alkanes) is 3. The van der Waals surface area contributed by atoms with Gasteiger partial charge in [0.05, 0.1) is 6.61 Å². The maximum Gasteiger partial charge on any atom is 0.123 e. The van der Waals surface area contributed by atoms with E-state index in [0.717, 1.165) is 38.3 Å². The molecule has 0 radical (unpaired) electrons. The van der Waals surface area contributed by atoms with E-state index in [2.05, 4.69) is 31.3 Å². The Kier molecular flexibility index (Phi) is 10.8. The fraction of sp³-hybridized carbons (Fsp3) is 0.667. The molecule has 0 saturated heterocycles. The summed E-state index contributed by atoms with van der Waals surface area (Å²) in [7, 11) is 0. The van der Waals surface area contributed by atoms with Crippen LogP contribution in [0, 0.1) is 0 Å². The van der Waals surface area contributed by atoms with Crippen LogP contribution in [0.1, 0.15) is 51.5 Å². The van der Waals surface area contributed by atoms with Gasteiger partial charge in [0.1, 0.15) is 12.4 Å². The number of rotatable bonds is 13. The first-order valence-electron chi connectivity index (χ1n) is 8.37. The monoisotopic (exact) mass is 293 g/mol. The minimum absolute atomic E-state index is 0.624. The number of nitrogens with one attached hydrogen (secondary N) is 1. The van der Waals surface area contributed by atoms with Crippen molar-refractivity contribution in [2.24, 2.45) is 0 Å². The number of para-hydroxylation sites is 1. The van der Waals surface area contributed by atoms with E-state index in [0.29, 0.717) is 13.2 Å². The molecule has 0 aliphatic rings. The first kappa shape index (κ1) is 18.0. The Morgan fingerprint density at radius 2 is 1.76 bits per heavy atom. The quantitative estimate of drug-likeness (QED) is 0.554. The smallest absolute Gasteiger partial charge is 0.123 e. The summed E-state index contributed by atoms with van der Waals surface area (Å²) in [5, 5.41) is 3.41. The number of hydrogen-bond donors (Lipinski definition) is 1. The zero-order valence-corrected chi connectivity index (χ0v) is 13.7. The third-order valence-electron chi connectivity index (χ3n) is 3.34. The lowest BCUT2D eigenvalue weighted by Gasteiger charge is -2.12. The fourth-order valence-corrected chi connectivity index (χ4v) is 2.13. The number of benzene rings is 1. The highest BCUT2D eigenvalue weighted by atomic mass is 16.5. The van der Waals surface area contributed by atoms with E-state index in [1.54, 1.807) is 0 Å². The van der Waals surface area contributed by atoms with Gasteiger partial charge < -0.3 is 14.8 Å². The Morgan fingerprint density at radius 3 is 2.57 bits per heavy atom. The molecular weight excluding hydrogens is 262 g/mol. The molecule has 1 N–H and O–H groups in total. The van der Waals surface area contributed by atoms with Crippen LogP contribution in [0.3, 0.4) is 0 Å². The Labute approximate surface area is 130 Å². The van der Waals surface area contributed by atoms with Crippen molar-refractivity contribution in [3.63, 3.8) is 0 Å². The van der Waals surface area contributed by atoms with Crippen molar-refractivity contribution in [2.45, 2.75) is 52.5 Å². The predicted molar refractivity (Wildman–Crippen MR) is 88.9 cm³/mol. The van der Waals surface area contributed by atoms with Gasteiger partial charge in [0.15, 0.2) is 0 Å². The van der Waals surface area contributed by atoms with Crippen molar-refractivity contribution in [3.8, 4) is 5.75 Å². The Bertz CT molecular complexity index is 355. The van der Waals surface area contributed by atoms with Gasteiger partial charge in [-0.25, -0.2) is 0 Å². The molecule has 0 aliphatic heterocycles. The molecule has 0 spiro atoms. The molecule has 0 unspecified atom stereocenters. The van der Waals surface area contributed by atoms with E-state index in [4.69, 9.17) is 9.47 Å². The summed E-state index contributed by atoms with van der Waals surface area (Å²) in [6, 6.07) is 8.22. The molecule has 0 atom stereocenters. The third-order valence-corrected chi connectivity index (χ3v) is 3.34. The van der Waals surface area contributed by atoms with E-state index in [1.807, 2.05) is 12.1 Å². The van der Waals surface area contributed by atoms with Crippen molar-refractivity contribution in [2.75, 3.05) is 26.4 Å². The summed E-state index contributed by atoms with van der Waals surface area (Å²) in [5.74, 6) is 0.968. The minimum atomic E-state index is 0.624. The van der Waals surface area contributed by atoms with Crippen LogP contribution in [0.2, 0.25) is 0 Å². The van der Waals surface area contributed by atoms with Crippen molar-refractivity contribution in [1.82, 2.24) is 5.32 Å². The highest BCUT2D eigenvalue weighted by Gasteiger charge is 2.02. The summed E-state index contributed by atoms with van der Waals surface area (Å²) >= 11 is 0. The molecule has 3 nitrogen and oxygen atoms in total. The average Bonchev–Trinajstić information content (AvgIpc) is 2.51. The van der Waals surface area contributed by atoms with Crippen LogP contribution in [0.25, 0.3) is 0 Å². The summed E-state index contributed by atoms with van der Waals surface area (Å²) in [5.41, 5.74) is 1.22. The second-order valence-corrected chi connectivity index (χ2v) is 5.31. The van der Waals surface area contributed by atoms with E-state index in [1.165, 1.54) is 24.8 Å². The molecule has 3 heteroatoms. The molecule has 0 aliphatic carbocycles. The molecule has 1 rings (SSSR count). The Morgan fingerprint density at radius 1 is 0.905 bits per heavy atom. The van der Waals surface area contributed by atoms with Crippen LogP contribution in [0.4, 0.5) is 0 Å². The topological polar surface area (TPSA) is 30.5 Å². The van der Waals surface area contributed by atoms with Gasteiger partial charge in [-0.15, -0.1) is 0 Å². The third kappa shape index (κ3) is 8.74. The van der Waals surface area contributed by atoms with Crippen LogP contribution >= 0.6 is 0 Å². The molecule has 0 amide bonds. The van der Waals surface area contributed by atoms with E-state index >= 15 is 0 Å². The lowest BCUT2D eigenvalue weighted by atomic mass is 10.2. The lowest BCUT2D eigenvalue weighted by molar-refractivity contribution is 0.0968. The predicted octanol–water partition coefficient (Wildman–Crippen LogP) is 4.16. The van der Waals surface area contributed by atoms with Gasteiger partial charge in [-0.05, 0) is 25.5 Å². The van der Waals surface area contributed by atoms with Crippen molar-refractivity contribution in [1.29, 1.82) is 0 Å². The van der Waals surface area contributed by atoms with Crippen LogP contribution in [-0.2, 0) is 11.3 Å². The molecule has 0 fully saturated rings. The average molecular weight is 293 g/mol. The highest BCUT2D eigenvalue weighted by molar-refractivity contribution is 5.33. The summed E-state index contributed by atoms with van der Waals surface area (Å²) in [4.78, 5) is 0. The van der Waals surface area contributed by atoms with E-state index in [-0.39, 0.29) is 0 Å². The molecule has 0 bridgehead atoms. The summed E-state index contributed by atoms with van der Waals surface area (Å²) in [6.07, 6.45) is 6.15. The van der Waals surface area contributed by atoms with Gasteiger partial charge in [0.25, 0.3) is 0 Å². The summed E-state index contributed by atoms with van der Waals surface area (Å²) < 4.78 is 11.4. The molecule has 0 saturated carbocycles. The van der Waals surface area contributed by atoms with Crippen molar-refractivity contribution in [3.05, 3.63) is 29.8 Å². The van der Waals surface area contributed by atoms with E-state index in [9.17, 15) is 0 Å². The van der Waals surface area contributed by atoms with Gasteiger partial charge in [-0.1, -0.05) is 51.3 Å². The van der Waals surface area contributed by atoms with Gasteiger partial charge in [0, 0.05) is 18.7 Å². The fourth-order valence-electron chi connectivity index (χ4n) is 2.13. The van der Waals surface area contributed by atoms with Gasteiger partial charge in [-0.2, -0.15) is 0 Å². The normalized spacial score (nSPS) is 10.8. The van der Waals surface area contributed by atoms with E-state index < -0.39 is 0 Å². The standard InChI is InChI=1S/C18H31NO2/c1-3-5-6-9-13-20-14-15-21-18-11-8-7-10-17(18)16-19-12-4-2/h7-8,10-11,19H,3-6,9,12-16H2,1-2H3. The van der Waals surface area contributed by atoms with Crippen LogP contribution in [-0.4, -0.2) is 26.4 Å². The molecular formula is C18H31NO2. The molecule has 0 heterocycles. The van der Waals surface area contributed by atoms with Gasteiger partial charge >= 0.3 is 0 Å². The van der Waals surface area contributed by atoms with Crippen LogP contribution < -0.4 is 10.1 Å². The van der Waals surface area contributed by atoms with Gasteiger partial charge in [0.2, 0.25) is 0 Å². The van der Waals surface area contributed by atoms with Crippen LogP contribution in [0.5, 0.6) is 5.75 Å². The van der Waals surface area contributed by atoms with Crippen molar-refractivity contribution < 1.29 is 9.47 Å². The second-order valence-electron chi connectivity index (χ2n) is 5.31. The van der Waals surface area contributed by atoms with Gasteiger partial charge in [-0.3, -0.25) is 0 Å². The zero-order valence-electron chi connectivity index (χ0n) is 13.7. The minimum Gasteiger partial charge on any atom is -0.491 e. The largest absolute Gasteiger partial charge is 0.491 e. The number of ether oxygens (including phenoxy) is 2. The molecule has 21 heavy (non-hydrogen) atoms. The Balaban J connectivity index is 2.16. The molecule has 1 aromatic carbocycles. The maximum absolute atomic E-state index is 5.83. The molecule has 1 aromatic rings. The summed E-state index contributed by atoms with van der Waals surface area (Å²) in [6.45, 7) is 8.44. The van der Waals surface area contributed by atoms with Crippen LogP contribution in [0.15, 0.2) is 24.3 Å². The van der Waals surface area contributed by atoms with Crippen molar-refractivity contribution >= 4 is 0 Å². The zero-order chi connectivity index (χ0) is 15.2.